The molecule has 0 saturated heterocycles. The van der Waals surface area contributed by atoms with Gasteiger partial charge in [-0.05, 0) is 25.0 Å². The molecule has 3 N–H and O–H groups in total. The molecule has 0 fully saturated rings. The van der Waals surface area contributed by atoms with Gasteiger partial charge < -0.3 is 15.3 Å². The van der Waals surface area contributed by atoms with Gasteiger partial charge in [0.25, 0.3) is 5.56 Å². The van der Waals surface area contributed by atoms with E-state index < -0.39 is 11.2 Å². The van der Waals surface area contributed by atoms with Gasteiger partial charge in [-0.2, -0.15) is 5.10 Å². The summed E-state index contributed by atoms with van der Waals surface area (Å²) >= 11 is 0. The molecular weight excluding hydrogens is 396 g/mol. The number of H-pyrrole nitrogens is 1. The number of hydrazone groups is 1. The van der Waals surface area contributed by atoms with E-state index >= 15 is 0 Å². The van der Waals surface area contributed by atoms with Crippen molar-refractivity contribution < 1.29 is 9.84 Å². The van der Waals surface area contributed by atoms with Crippen LogP contribution in [-0.2, 0) is 13.0 Å². The predicted molar refractivity (Wildman–Crippen MR) is 118 cm³/mol. The maximum Gasteiger partial charge on any atom is 0.331 e. The smallest absolute Gasteiger partial charge is 0.331 e. The number of nitrogens with zero attached hydrogens (tertiary/aromatic N) is 2. The molecule has 0 spiro atoms. The highest BCUT2D eigenvalue weighted by Gasteiger charge is 2.28. The SMILES string of the molecule is CCOc1ccccc1C1CC(c2c(O)n(CCc3ccccc3)c(=O)[nH]c2=O)=NN1. The largest absolute Gasteiger partial charge is 0.494 e. The van der Waals surface area contributed by atoms with E-state index in [-0.39, 0.29) is 24.0 Å². The Morgan fingerprint density at radius 2 is 1.87 bits per heavy atom. The minimum absolute atomic E-state index is 0.0107. The van der Waals surface area contributed by atoms with Crippen LogP contribution in [0.15, 0.2) is 69.3 Å². The van der Waals surface area contributed by atoms with Crippen molar-refractivity contribution in [3.8, 4) is 11.6 Å². The van der Waals surface area contributed by atoms with Gasteiger partial charge in [0, 0.05) is 18.5 Å². The van der Waals surface area contributed by atoms with E-state index in [1.54, 1.807) is 0 Å². The highest BCUT2D eigenvalue weighted by Crippen LogP contribution is 2.31. The zero-order valence-electron chi connectivity index (χ0n) is 17.2. The Morgan fingerprint density at radius 3 is 2.65 bits per heavy atom. The third-order valence-electron chi connectivity index (χ3n) is 5.27. The van der Waals surface area contributed by atoms with Crippen molar-refractivity contribution in [2.24, 2.45) is 5.10 Å². The van der Waals surface area contributed by atoms with E-state index in [2.05, 4.69) is 15.5 Å². The summed E-state index contributed by atoms with van der Waals surface area (Å²) in [5.41, 5.74) is 4.06. The molecule has 31 heavy (non-hydrogen) atoms. The van der Waals surface area contributed by atoms with E-state index in [1.165, 1.54) is 4.57 Å². The maximum absolute atomic E-state index is 12.5. The maximum atomic E-state index is 12.5. The van der Waals surface area contributed by atoms with Gasteiger partial charge >= 0.3 is 5.69 Å². The first kappa shape index (κ1) is 20.5. The number of rotatable bonds is 7. The summed E-state index contributed by atoms with van der Waals surface area (Å²) in [4.78, 5) is 27.2. The van der Waals surface area contributed by atoms with Gasteiger partial charge in [0.1, 0.15) is 11.3 Å². The fourth-order valence-electron chi connectivity index (χ4n) is 3.75. The number of aromatic amines is 1. The first-order valence-corrected chi connectivity index (χ1v) is 10.2. The van der Waals surface area contributed by atoms with Crippen molar-refractivity contribution in [2.45, 2.75) is 32.4 Å². The quantitative estimate of drug-likeness (QED) is 0.544. The Balaban J connectivity index is 1.60. The molecule has 2 aromatic carbocycles. The molecule has 1 aliphatic rings. The normalized spacial score (nSPS) is 15.4. The first-order valence-electron chi connectivity index (χ1n) is 10.2. The van der Waals surface area contributed by atoms with E-state index in [9.17, 15) is 14.7 Å². The molecule has 3 aromatic rings. The molecule has 1 aliphatic heterocycles. The van der Waals surface area contributed by atoms with E-state index in [0.29, 0.717) is 25.2 Å². The fourth-order valence-corrected chi connectivity index (χ4v) is 3.75. The molecule has 8 nitrogen and oxygen atoms in total. The molecule has 2 heterocycles. The molecule has 1 aromatic heterocycles. The Morgan fingerprint density at radius 1 is 1.13 bits per heavy atom. The van der Waals surface area contributed by atoms with Crippen LogP contribution >= 0.6 is 0 Å². The minimum Gasteiger partial charge on any atom is -0.494 e. The molecule has 0 amide bonds. The molecule has 1 atom stereocenters. The number of ether oxygens (including phenoxy) is 1. The van der Waals surface area contributed by atoms with Crippen LogP contribution in [0.4, 0.5) is 0 Å². The second-order valence-corrected chi connectivity index (χ2v) is 7.26. The summed E-state index contributed by atoms with van der Waals surface area (Å²) in [5.74, 6) is 0.369. The molecule has 0 bridgehead atoms. The summed E-state index contributed by atoms with van der Waals surface area (Å²) in [6, 6.07) is 17.0. The summed E-state index contributed by atoms with van der Waals surface area (Å²) in [7, 11) is 0. The van der Waals surface area contributed by atoms with E-state index in [4.69, 9.17) is 4.74 Å². The summed E-state index contributed by atoms with van der Waals surface area (Å²) in [6.07, 6.45) is 0.909. The summed E-state index contributed by atoms with van der Waals surface area (Å²) in [5, 5.41) is 15.1. The number of para-hydroxylation sites is 1. The predicted octanol–water partition coefficient (Wildman–Crippen LogP) is 2.32. The lowest BCUT2D eigenvalue weighted by atomic mass is 9.99. The monoisotopic (exact) mass is 420 g/mol. The Bertz CT molecular complexity index is 1210. The fraction of sp³-hybridized carbons (Fsp3) is 0.261. The van der Waals surface area contributed by atoms with Gasteiger partial charge in [-0.3, -0.25) is 14.3 Å². The lowest BCUT2D eigenvalue weighted by molar-refractivity contribution is 0.332. The number of benzene rings is 2. The van der Waals surface area contributed by atoms with Gasteiger partial charge in [-0.25, -0.2) is 4.79 Å². The third-order valence-corrected chi connectivity index (χ3v) is 5.27. The standard InChI is InChI=1S/C23H24N4O4/c1-2-31-19-11-7-6-10-16(19)17-14-18(26-25-17)20-21(28)24-23(30)27(22(20)29)13-12-15-8-4-3-5-9-15/h3-11,17,25,29H,2,12-14H2,1H3,(H,24,28,30). The zero-order chi connectivity index (χ0) is 21.8. The molecule has 1 unspecified atom stereocenters. The average molecular weight is 420 g/mol. The van der Waals surface area contributed by atoms with E-state index in [1.807, 2.05) is 61.5 Å². The van der Waals surface area contributed by atoms with Crippen molar-refractivity contribution in [1.82, 2.24) is 15.0 Å². The number of hydrogen-bond donors (Lipinski definition) is 3. The van der Waals surface area contributed by atoms with Gasteiger partial charge in [0.15, 0.2) is 0 Å². The molecule has 8 heteroatoms. The van der Waals surface area contributed by atoms with Crippen LogP contribution in [0.3, 0.4) is 0 Å². The van der Waals surface area contributed by atoms with Crippen molar-refractivity contribution in [3.05, 3.63) is 92.1 Å². The molecule has 0 saturated carbocycles. The molecule has 0 aliphatic carbocycles. The number of aromatic nitrogens is 2. The Kier molecular flexibility index (Phi) is 5.88. The number of aromatic hydroxyl groups is 1. The van der Waals surface area contributed by atoms with Crippen molar-refractivity contribution in [3.63, 3.8) is 0 Å². The molecular formula is C23H24N4O4. The highest BCUT2D eigenvalue weighted by atomic mass is 16.5. The average Bonchev–Trinajstić information content (AvgIpc) is 3.24. The van der Waals surface area contributed by atoms with Gasteiger partial charge in [-0.1, -0.05) is 48.5 Å². The Hall–Kier alpha value is -3.81. The van der Waals surface area contributed by atoms with Crippen LogP contribution in [0.2, 0.25) is 0 Å². The van der Waals surface area contributed by atoms with Crippen LogP contribution in [0.5, 0.6) is 11.6 Å². The van der Waals surface area contributed by atoms with Gasteiger partial charge in [-0.15, -0.1) is 0 Å². The lowest BCUT2D eigenvalue weighted by Crippen LogP contribution is -2.34. The van der Waals surface area contributed by atoms with Crippen LogP contribution in [-0.4, -0.2) is 27.0 Å². The van der Waals surface area contributed by atoms with Crippen molar-refractivity contribution in [1.29, 1.82) is 0 Å². The molecule has 160 valence electrons. The number of nitrogens with one attached hydrogen (secondary N) is 2. The van der Waals surface area contributed by atoms with Crippen LogP contribution < -0.4 is 21.4 Å². The molecule has 0 radical (unpaired) electrons. The van der Waals surface area contributed by atoms with Crippen molar-refractivity contribution in [2.75, 3.05) is 6.61 Å². The van der Waals surface area contributed by atoms with Crippen LogP contribution in [0.25, 0.3) is 0 Å². The lowest BCUT2D eigenvalue weighted by Gasteiger charge is -2.15. The summed E-state index contributed by atoms with van der Waals surface area (Å²) in [6.45, 7) is 2.68. The van der Waals surface area contributed by atoms with Gasteiger partial charge in [0.05, 0.1) is 18.4 Å². The topological polar surface area (TPSA) is 109 Å². The second kappa shape index (κ2) is 8.91. The minimum atomic E-state index is -0.655. The van der Waals surface area contributed by atoms with Crippen LogP contribution in [0.1, 0.15) is 36.1 Å². The van der Waals surface area contributed by atoms with E-state index in [0.717, 1.165) is 16.9 Å². The number of hydrogen-bond acceptors (Lipinski definition) is 6. The second-order valence-electron chi connectivity index (χ2n) is 7.26. The van der Waals surface area contributed by atoms with Crippen molar-refractivity contribution >= 4 is 5.71 Å². The van der Waals surface area contributed by atoms with Gasteiger partial charge in [0.2, 0.25) is 5.88 Å². The van der Waals surface area contributed by atoms with Crippen LogP contribution in [0, 0.1) is 0 Å². The Labute approximate surface area is 178 Å². The number of aryl methyl sites for hydroxylation is 1. The molecule has 4 rings (SSSR count). The summed E-state index contributed by atoms with van der Waals surface area (Å²) < 4.78 is 6.87. The highest BCUT2D eigenvalue weighted by molar-refractivity contribution is 6.03. The zero-order valence-corrected chi connectivity index (χ0v) is 17.2. The third kappa shape index (κ3) is 4.23. The first-order chi connectivity index (χ1) is 15.1.